The predicted molar refractivity (Wildman–Crippen MR) is 72.0 cm³/mol. The second kappa shape index (κ2) is 6.98. The molecule has 0 atom stereocenters. The van der Waals surface area contributed by atoms with Crippen molar-refractivity contribution in [3.05, 3.63) is 29.1 Å². The van der Waals surface area contributed by atoms with Gasteiger partial charge in [0.05, 0.1) is 4.90 Å². The van der Waals surface area contributed by atoms with Gasteiger partial charge in [0.25, 0.3) is 0 Å². The third-order valence-corrected chi connectivity index (χ3v) is 4.59. The molecule has 0 radical (unpaired) electrons. The van der Waals surface area contributed by atoms with Crippen molar-refractivity contribution in [2.24, 2.45) is 0 Å². The molecule has 0 saturated carbocycles. The standard InChI is InChI=1S/C13H20FNO3S/c1-10-8-12(14)9-11(2)13(10)19(17,18)15-6-4-3-5-7-16/h8-9,15-16H,3-7H2,1-2H3. The zero-order chi connectivity index (χ0) is 14.5. The van der Waals surface area contributed by atoms with Crippen LogP contribution in [0.25, 0.3) is 0 Å². The Labute approximate surface area is 113 Å². The molecule has 1 aromatic rings. The van der Waals surface area contributed by atoms with Crippen molar-refractivity contribution in [3.63, 3.8) is 0 Å². The molecule has 0 aliphatic carbocycles. The van der Waals surface area contributed by atoms with E-state index < -0.39 is 15.8 Å². The average Bonchev–Trinajstić information content (AvgIpc) is 2.26. The van der Waals surface area contributed by atoms with Gasteiger partial charge in [0.15, 0.2) is 0 Å². The van der Waals surface area contributed by atoms with Crippen molar-refractivity contribution >= 4 is 10.0 Å². The van der Waals surface area contributed by atoms with Crippen molar-refractivity contribution in [2.45, 2.75) is 38.0 Å². The summed E-state index contributed by atoms with van der Waals surface area (Å²) in [6, 6.07) is 2.43. The SMILES string of the molecule is Cc1cc(F)cc(C)c1S(=O)(=O)NCCCCCO. The van der Waals surface area contributed by atoms with Gasteiger partial charge in [-0.15, -0.1) is 0 Å². The number of sulfonamides is 1. The van der Waals surface area contributed by atoms with Crippen molar-refractivity contribution in [3.8, 4) is 0 Å². The van der Waals surface area contributed by atoms with Crippen LogP contribution in [0.15, 0.2) is 17.0 Å². The second-order valence-corrected chi connectivity index (χ2v) is 6.25. The molecule has 0 heterocycles. The fourth-order valence-corrected chi connectivity index (χ4v) is 3.54. The summed E-state index contributed by atoms with van der Waals surface area (Å²) in [5.41, 5.74) is 0.806. The lowest BCUT2D eigenvalue weighted by Gasteiger charge is -2.12. The Bertz CT molecular complexity index is 506. The molecule has 0 bridgehead atoms. The van der Waals surface area contributed by atoms with Crippen LogP contribution in [0.1, 0.15) is 30.4 Å². The van der Waals surface area contributed by atoms with E-state index in [-0.39, 0.29) is 11.5 Å². The van der Waals surface area contributed by atoms with Gasteiger partial charge in [-0.1, -0.05) is 0 Å². The minimum atomic E-state index is -3.60. The number of nitrogens with one attached hydrogen (secondary N) is 1. The van der Waals surface area contributed by atoms with Gasteiger partial charge in [0.2, 0.25) is 10.0 Å². The minimum absolute atomic E-state index is 0.114. The molecular formula is C13H20FNO3S. The van der Waals surface area contributed by atoms with Crippen molar-refractivity contribution < 1.29 is 17.9 Å². The number of aliphatic hydroxyl groups excluding tert-OH is 1. The zero-order valence-corrected chi connectivity index (χ0v) is 12.1. The van der Waals surface area contributed by atoms with E-state index >= 15 is 0 Å². The second-order valence-electron chi connectivity index (χ2n) is 4.55. The first-order chi connectivity index (χ1) is 8.88. The molecule has 0 amide bonds. The number of halogens is 1. The molecule has 0 aromatic heterocycles. The first-order valence-corrected chi connectivity index (χ1v) is 7.74. The Kier molecular flexibility index (Phi) is 5.90. The largest absolute Gasteiger partial charge is 0.396 e. The maximum Gasteiger partial charge on any atom is 0.241 e. The van der Waals surface area contributed by atoms with E-state index in [1.165, 1.54) is 12.1 Å². The topological polar surface area (TPSA) is 66.4 Å². The minimum Gasteiger partial charge on any atom is -0.396 e. The quantitative estimate of drug-likeness (QED) is 0.753. The Morgan fingerprint density at radius 3 is 2.26 bits per heavy atom. The number of benzene rings is 1. The molecular weight excluding hydrogens is 269 g/mol. The molecule has 0 aliphatic rings. The lowest BCUT2D eigenvalue weighted by atomic mass is 10.1. The summed E-state index contributed by atoms with van der Waals surface area (Å²) >= 11 is 0. The van der Waals surface area contributed by atoms with Crippen LogP contribution in [0.3, 0.4) is 0 Å². The highest BCUT2D eigenvalue weighted by Crippen LogP contribution is 2.21. The van der Waals surface area contributed by atoms with Crippen LogP contribution in [0.5, 0.6) is 0 Å². The van der Waals surface area contributed by atoms with E-state index in [0.717, 1.165) is 6.42 Å². The van der Waals surface area contributed by atoms with Gasteiger partial charge >= 0.3 is 0 Å². The van der Waals surface area contributed by atoms with E-state index in [1.54, 1.807) is 13.8 Å². The lowest BCUT2D eigenvalue weighted by molar-refractivity contribution is 0.283. The molecule has 1 aromatic carbocycles. The van der Waals surface area contributed by atoms with Crippen LogP contribution in [-0.4, -0.2) is 26.7 Å². The van der Waals surface area contributed by atoms with Gasteiger partial charge in [-0.2, -0.15) is 0 Å². The molecule has 6 heteroatoms. The smallest absolute Gasteiger partial charge is 0.241 e. The van der Waals surface area contributed by atoms with Gasteiger partial charge in [-0.3, -0.25) is 0 Å². The van der Waals surface area contributed by atoms with Crippen LogP contribution in [0.2, 0.25) is 0 Å². The predicted octanol–water partition coefficient (Wildman–Crippen LogP) is 1.88. The van der Waals surface area contributed by atoms with Gasteiger partial charge in [-0.25, -0.2) is 17.5 Å². The third-order valence-electron chi connectivity index (χ3n) is 2.82. The van der Waals surface area contributed by atoms with Crippen LogP contribution in [0, 0.1) is 19.7 Å². The Balaban J connectivity index is 2.78. The molecule has 19 heavy (non-hydrogen) atoms. The van der Waals surface area contributed by atoms with Crippen LogP contribution >= 0.6 is 0 Å². The van der Waals surface area contributed by atoms with E-state index in [0.29, 0.717) is 30.5 Å². The van der Waals surface area contributed by atoms with Crippen molar-refractivity contribution in [1.82, 2.24) is 4.72 Å². The number of aryl methyl sites for hydroxylation is 2. The molecule has 4 nitrogen and oxygen atoms in total. The zero-order valence-electron chi connectivity index (χ0n) is 11.2. The summed E-state index contributed by atoms with van der Waals surface area (Å²) in [6.45, 7) is 3.59. The normalized spacial score (nSPS) is 11.8. The van der Waals surface area contributed by atoms with E-state index in [1.807, 2.05) is 0 Å². The molecule has 0 aliphatic heterocycles. The summed E-state index contributed by atoms with van der Waals surface area (Å²) in [5, 5.41) is 8.63. The number of hydrogen-bond donors (Lipinski definition) is 2. The van der Waals surface area contributed by atoms with Gasteiger partial charge < -0.3 is 5.11 Å². The van der Waals surface area contributed by atoms with Crippen molar-refractivity contribution in [1.29, 1.82) is 0 Å². The highest BCUT2D eigenvalue weighted by molar-refractivity contribution is 7.89. The summed E-state index contributed by atoms with van der Waals surface area (Å²) < 4.78 is 39.9. The molecule has 0 saturated heterocycles. The van der Waals surface area contributed by atoms with Crippen molar-refractivity contribution in [2.75, 3.05) is 13.2 Å². The maximum absolute atomic E-state index is 13.1. The first-order valence-electron chi connectivity index (χ1n) is 6.26. The average molecular weight is 289 g/mol. The first kappa shape index (κ1) is 16.1. The Morgan fingerprint density at radius 1 is 1.16 bits per heavy atom. The number of unbranched alkanes of at least 4 members (excludes halogenated alkanes) is 2. The molecule has 1 rings (SSSR count). The maximum atomic E-state index is 13.1. The number of aliphatic hydroxyl groups is 1. The number of rotatable bonds is 7. The highest BCUT2D eigenvalue weighted by atomic mass is 32.2. The lowest BCUT2D eigenvalue weighted by Crippen LogP contribution is -2.26. The van der Waals surface area contributed by atoms with Gasteiger partial charge in [0, 0.05) is 13.2 Å². The summed E-state index contributed by atoms with van der Waals surface area (Å²) in [6.07, 6.45) is 2.09. The third kappa shape index (κ3) is 4.56. The Morgan fingerprint density at radius 2 is 1.74 bits per heavy atom. The number of hydrogen-bond acceptors (Lipinski definition) is 3. The summed E-state index contributed by atoms with van der Waals surface area (Å²) in [7, 11) is -3.60. The monoisotopic (exact) mass is 289 g/mol. The Hall–Kier alpha value is -0.980. The van der Waals surface area contributed by atoms with Crippen LogP contribution < -0.4 is 4.72 Å². The van der Waals surface area contributed by atoms with Crippen LogP contribution in [-0.2, 0) is 10.0 Å². The van der Waals surface area contributed by atoms with E-state index in [9.17, 15) is 12.8 Å². The molecule has 0 fully saturated rings. The van der Waals surface area contributed by atoms with Crippen LogP contribution in [0.4, 0.5) is 4.39 Å². The fraction of sp³-hybridized carbons (Fsp3) is 0.538. The van der Waals surface area contributed by atoms with E-state index in [2.05, 4.69) is 4.72 Å². The molecule has 2 N–H and O–H groups in total. The highest BCUT2D eigenvalue weighted by Gasteiger charge is 2.19. The van der Waals surface area contributed by atoms with E-state index in [4.69, 9.17) is 5.11 Å². The fourth-order valence-electron chi connectivity index (χ4n) is 2.01. The summed E-state index contributed by atoms with van der Waals surface area (Å²) in [4.78, 5) is 0.149. The molecule has 0 unspecified atom stereocenters. The summed E-state index contributed by atoms with van der Waals surface area (Å²) in [5.74, 6) is -0.433. The van der Waals surface area contributed by atoms with Gasteiger partial charge in [0.1, 0.15) is 5.82 Å². The van der Waals surface area contributed by atoms with Gasteiger partial charge in [-0.05, 0) is 56.4 Å². The molecule has 0 spiro atoms. The molecule has 108 valence electrons.